The van der Waals surface area contributed by atoms with Gasteiger partial charge < -0.3 is 15.5 Å². The first kappa shape index (κ1) is 11.0. The Bertz CT molecular complexity index is 392. The van der Waals surface area contributed by atoms with E-state index in [1.807, 2.05) is 25.2 Å². The van der Waals surface area contributed by atoms with Crippen LogP contribution in [-0.2, 0) is 4.79 Å². The first-order chi connectivity index (χ1) is 7.74. The molecule has 1 aliphatic rings. The summed E-state index contributed by atoms with van der Waals surface area (Å²) in [6, 6.07) is 7.98. The number of anilines is 2. The number of likely N-dealkylation sites (N-methyl/N-ethyl adjacent to an activating group) is 1. The third-order valence-electron chi connectivity index (χ3n) is 2.92. The molecule has 4 nitrogen and oxygen atoms in total. The van der Waals surface area contributed by atoms with Gasteiger partial charge in [0.15, 0.2) is 0 Å². The van der Waals surface area contributed by atoms with E-state index in [0.29, 0.717) is 13.1 Å². The highest BCUT2D eigenvalue weighted by molar-refractivity contribution is 6.02. The van der Waals surface area contributed by atoms with Crippen molar-refractivity contribution in [2.75, 3.05) is 36.5 Å². The minimum absolute atomic E-state index is 0.135. The molecule has 0 unspecified atom stereocenters. The molecular weight excluding hydrogens is 202 g/mol. The molecule has 0 atom stereocenters. The van der Waals surface area contributed by atoms with Crippen molar-refractivity contribution in [3.63, 3.8) is 0 Å². The fourth-order valence-corrected chi connectivity index (χ4v) is 1.99. The Kier molecular flexibility index (Phi) is 3.10. The number of amides is 1. The largest absolute Gasteiger partial charge is 0.360 e. The molecule has 0 spiro atoms. The van der Waals surface area contributed by atoms with Crippen LogP contribution in [0, 0.1) is 0 Å². The van der Waals surface area contributed by atoms with Crippen LogP contribution in [0.15, 0.2) is 24.3 Å². The van der Waals surface area contributed by atoms with E-state index in [2.05, 4.69) is 11.0 Å². The molecule has 2 N–H and O–H groups in total. The number of hydrogen-bond donors (Lipinski definition) is 1. The standard InChI is InChI=1S/C12H17N3O/c1-14-10-5-2-3-6-11(10)15(8-4-7-13)9-12(14)16/h2-3,5-6H,4,7-9,13H2,1H3. The van der Waals surface area contributed by atoms with Crippen molar-refractivity contribution < 1.29 is 4.79 Å². The number of nitrogens with zero attached hydrogens (tertiary/aromatic N) is 2. The normalized spacial score (nSPS) is 15.2. The second-order valence-corrected chi connectivity index (χ2v) is 4.01. The van der Waals surface area contributed by atoms with Gasteiger partial charge in [-0.3, -0.25) is 4.79 Å². The molecule has 0 aliphatic carbocycles. The summed E-state index contributed by atoms with van der Waals surface area (Å²) in [5, 5.41) is 0. The highest BCUT2D eigenvalue weighted by Crippen LogP contribution is 2.32. The van der Waals surface area contributed by atoms with Crippen LogP contribution in [0.1, 0.15) is 6.42 Å². The topological polar surface area (TPSA) is 49.6 Å². The van der Waals surface area contributed by atoms with E-state index in [1.165, 1.54) is 0 Å². The van der Waals surface area contributed by atoms with Crippen LogP contribution < -0.4 is 15.5 Å². The fraction of sp³-hybridized carbons (Fsp3) is 0.417. The Hall–Kier alpha value is -1.55. The summed E-state index contributed by atoms with van der Waals surface area (Å²) in [5.74, 6) is 0.135. The maximum atomic E-state index is 11.8. The molecule has 4 heteroatoms. The molecule has 1 heterocycles. The van der Waals surface area contributed by atoms with Gasteiger partial charge in [-0.25, -0.2) is 0 Å². The Morgan fingerprint density at radius 2 is 2.00 bits per heavy atom. The second kappa shape index (κ2) is 4.53. The number of carbonyl (C=O) groups is 1. The summed E-state index contributed by atoms with van der Waals surface area (Å²) < 4.78 is 0. The lowest BCUT2D eigenvalue weighted by atomic mass is 10.1. The SMILES string of the molecule is CN1C(=O)CN(CCCN)c2ccccc21. The lowest BCUT2D eigenvalue weighted by Crippen LogP contribution is -2.44. The molecule has 0 bridgehead atoms. The Balaban J connectivity index is 2.29. The average molecular weight is 219 g/mol. The Morgan fingerprint density at radius 3 is 2.69 bits per heavy atom. The van der Waals surface area contributed by atoms with Gasteiger partial charge in [0.25, 0.3) is 0 Å². The fourth-order valence-electron chi connectivity index (χ4n) is 1.99. The molecule has 1 aromatic carbocycles. The summed E-state index contributed by atoms with van der Waals surface area (Å²) in [6.45, 7) is 1.95. The van der Waals surface area contributed by atoms with Crippen molar-refractivity contribution in [2.45, 2.75) is 6.42 Å². The molecule has 0 radical (unpaired) electrons. The number of benzene rings is 1. The van der Waals surface area contributed by atoms with Crippen molar-refractivity contribution in [3.05, 3.63) is 24.3 Å². The lowest BCUT2D eigenvalue weighted by Gasteiger charge is -2.35. The monoisotopic (exact) mass is 219 g/mol. The van der Waals surface area contributed by atoms with Gasteiger partial charge in [0.2, 0.25) is 5.91 Å². The zero-order chi connectivity index (χ0) is 11.5. The molecule has 0 aromatic heterocycles. The summed E-state index contributed by atoms with van der Waals surface area (Å²) in [4.78, 5) is 15.6. The van der Waals surface area contributed by atoms with E-state index in [-0.39, 0.29) is 5.91 Å². The smallest absolute Gasteiger partial charge is 0.246 e. The zero-order valence-corrected chi connectivity index (χ0v) is 9.52. The van der Waals surface area contributed by atoms with Gasteiger partial charge in [-0.15, -0.1) is 0 Å². The van der Waals surface area contributed by atoms with Crippen molar-refractivity contribution in [1.29, 1.82) is 0 Å². The van der Waals surface area contributed by atoms with E-state index < -0.39 is 0 Å². The predicted molar refractivity (Wildman–Crippen MR) is 65.7 cm³/mol. The number of nitrogens with two attached hydrogens (primary N) is 1. The van der Waals surface area contributed by atoms with Gasteiger partial charge in [-0.1, -0.05) is 12.1 Å². The van der Waals surface area contributed by atoms with Gasteiger partial charge in [0, 0.05) is 13.6 Å². The average Bonchev–Trinajstić information content (AvgIpc) is 2.32. The quantitative estimate of drug-likeness (QED) is 0.818. The number of fused-ring (bicyclic) bond motifs is 1. The summed E-state index contributed by atoms with van der Waals surface area (Å²) in [7, 11) is 1.82. The highest BCUT2D eigenvalue weighted by atomic mass is 16.2. The van der Waals surface area contributed by atoms with Crippen LogP contribution in [0.4, 0.5) is 11.4 Å². The first-order valence-electron chi connectivity index (χ1n) is 5.54. The van der Waals surface area contributed by atoms with Gasteiger partial charge in [0.1, 0.15) is 0 Å². The first-order valence-corrected chi connectivity index (χ1v) is 5.54. The summed E-state index contributed by atoms with van der Waals surface area (Å²) >= 11 is 0. The molecule has 0 fully saturated rings. The van der Waals surface area contributed by atoms with Crippen molar-refractivity contribution in [3.8, 4) is 0 Å². The number of para-hydroxylation sites is 2. The molecule has 2 rings (SSSR count). The molecular formula is C12H17N3O. The van der Waals surface area contributed by atoms with E-state index in [1.54, 1.807) is 4.90 Å². The van der Waals surface area contributed by atoms with Crippen LogP contribution in [0.25, 0.3) is 0 Å². The number of hydrogen-bond acceptors (Lipinski definition) is 3. The minimum atomic E-state index is 0.135. The number of carbonyl (C=O) groups excluding carboxylic acids is 1. The maximum absolute atomic E-state index is 11.8. The molecule has 86 valence electrons. The van der Waals surface area contributed by atoms with Gasteiger partial charge in [-0.2, -0.15) is 0 Å². The Labute approximate surface area is 95.6 Å². The van der Waals surface area contributed by atoms with Gasteiger partial charge in [-0.05, 0) is 25.1 Å². The predicted octanol–water partition coefficient (Wildman–Crippen LogP) is 0.818. The number of rotatable bonds is 3. The Morgan fingerprint density at radius 1 is 1.31 bits per heavy atom. The molecule has 1 amide bonds. The van der Waals surface area contributed by atoms with Crippen LogP contribution in [0.2, 0.25) is 0 Å². The van der Waals surface area contributed by atoms with Crippen molar-refractivity contribution >= 4 is 17.3 Å². The molecule has 0 saturated heterocycles. The maximum Gasteiger partial charge on any atom is 0.246 e. The lowest BCUT2D eigenvalue weighted by molar-refractivity contribution is -0.117. The molecule has 16 heavy (non-hydrogen) atoms. The van der Waals surface area contributed by atoms with Crippen LogP contribution in [0.3, 0.4) is 0 Å². The third kappa shape index (κ3) is 1.88. The molecule has 1 aromatic rings. The van der Waals surface area contributed by atoms with Crippen molar-refractivity contribution in [1.82, 2.24) is 0 Å². The third-order valence-corrected chi connectivity index (χ3v) is 2.92. The van der Waals surface area contributed by atoms with Crippen LogP contribution >= 0.6 is 0 Å². The van der Waals surface area contributed by atoms with Gasteiger partial charge in [0.05, 0.1) is 17.9 Å². The summed E-state index contributed by atoms with van der Waals surface area (Å²) in [6.07, 6.45) is 0.908. The van der Waals surface area contributed by atoms with E-state index in [9.17, 15) is 4.79 Å². The van der Waals surface area contributed by atoms with Crippen molar-refractivity contribution in [2.24, 2.45) is 5.73 Å². The highest BCUT2D eigenvalue weighted by Gasteiger charge is 2.25. The zero-order valence-electron chi connectivity index (χ0n) is 9.52. The van der Waals surface area contributed by atoms with E-state index in [4.69, 9.17) is 5.73 Å². The van der Waals surface area contributed by atoms with Gasteiger partial charge >= 0.3 is 0 Å². The van der Waals surface area contributed by atoms with E-state index >= 15 is 0 Å². The van der Waals surface area contributed by atoms with Crippen LogP contribution in [-0.4, -0.2) is 32.6 Å². The molecule has 1 aliphatic heterocycles. The second-order valence-electron chi connectivity index (χ2n) is 4.01. The minimum Gasteiger partial charge on any atom is -0.360 e. The molecule has 0 saturated carbocycles. The van der Waals surface area contributed by atoms with Crippen LogP contribution in [0.5, 0.6) is 0 Å². The van der Waals surface area contributed by atoms with E-state index in [0.717, 1.165) is 24.3 Å². The summed E-state index contributed by atoms with van der Waals surface area (Å²) in [5.41, 5.74) is 7.61.